The molecule has 1 aromatic rings. The number of nitrogens with one attached hydrogen (secondary N) is 2. The number of carbonyl (C=O) groups excluding carboxylic acids is 1. The number of carbonyl (C=O) groups is 1. The summed E-state index contributed by atoms with van der Waals surface area (Å²) in [6.45, 7) is 12.9. The minimum atomic E-state index is 0.181. The lowest BCUT2D eigenvalue weighted by molar-refractivity contribution is -0.129. The Morgan fingerprint density at radius 2 is 1.81 bits per heavy atom. The number of benzene rings is 1. The number of hydrogen-bond donors (Lipinski definition) is 2. The first-order valence-corrected chi connectivity index (χ1v) is 10.8. The summed E-state index contributed by atoms with van der Waals surface area (Å²) in [5, 5.41) is 6.61. The average molecular weight is 372 g/mol. The summed E-state index contributed by atoms with van der Waals surface area (Å²) < 4.78 is 0. The SMILES string of the molecule is CC(C)[C@@H]1CC[C@@H](C)C[C@H]1C(=O)NCc1ccc(CN2CCNCC2)cc1. The third-order valence-electron chi connectivity index (χ3n) is 6.46. The van der Waals surface area contributed by atoms with Gasteiger partial charge in [-0.05, 0) is 41.7 Å². The Hall–Kier alpha value is -1.39. The molecule has 3 atom stereocenters. The van der Waals surface area contributed by atoms with Crippen molar-refractivity contribution < 1.29 is 4.79 Å². The van der Waals surface area contributed by atoms with Crippen LogP contribution in [0.5, 0.6) is 0 Å². The van der Waals surface area contributed by atoms with Crippen LogP contribution in [0.3, 0.4) is 0 Å². The Labute approximate surface area is 165 Å². The molecule has 4 heteroatoms. The van der Waals surface area contributed by atoms with E-state index in [1.165, 1.54) is 24.0 Å². The normalized spacial score (nSPS) is 26.9. The highest BCUT2D eigenvalue weighted by atomic mass is 16.1. The molecule has 0 bridgehead atoms. The average Bonchev–Trinajstić information content (AvgIpc) is 2.67. The predicted molar refractivity (Wildman–Crippen MR) is 111 cm³/mol. The van der Waals surface area contributed by atoms with Crippen LogP contribution in [-0.2, 0) is 17.9 Å². The first-order chi connectivity index (χ1) is 13.0. The molecule has 0 radical (unpaired) electrons. The lowest BCUT2D eigenvalue weighted by Crippen LogP contribution is -2.42. The molecular formula is C23H37N3O. The topological polar surface area (TPSA) is 44.4 Å². The van der Waals surface area contributed by atoms with Crippen LogP contribution in [0.25, 0.3) is 0 Å². The Kier molecular flexibility index (Phi) is 7.31. The third kappa shape index (κ3) is 5.79. The van der Waals surface area contributed by atoms with Crippen molar-refractivity contribution in [2.45, 2.75) is 53.1 Å². The number of rotatable bonds is 6. The number of piperazine rings is 1. The highest BCUT2D eigenvalue weighted by Gasteiger charge is 2.35. The first kappa shape index (κ1) is 20.3. The Bertz CT molecular complexity index is 592. The van der Waals surface area contributed by atoms with Crippen LogP contribution in [0.4, 0.5) is 0 Å². The van der Waals surface area contributed by atoms with E-state index in [0.29, 0.717) is 24.3 Å². The smallest absolute Gasteiger partial charge is 0.223 e. The van der Waals surface area contributed by atoms with Gasteiger partial charge in [-0.1, -0.05) is 51.5 Å². The van der Waals surface area contributed by atoms with Crippen LogP contribution in [-0.4, -0.2) is 37.0 Å². The predicted octanol–water partition coefficient (Wildman–Crippen LogP) is 3.42. The fourth-order valence-electron chi connectivity index (χ4n) is 4.71. The molecule has 1 aliphatic heterocycles. The molecule has 150 valence electrons. The van der Waals surface area contributed by atoms with Gasteiger partial charge in [0.15, 0.2) is 0 Å². The van der Waals surface area contributed by atoms with Crippen molar-refractivity contribution in [1.29, 1.82) is 0 Å². The van der Waals surface area contributed by atoms with Crippen molar-refractivity contribution >= 4 is 5.91 Å². The summed E-state index contributed by atoms with van der Waals surface area (Å²) in [5.74, 6) is 2.21. The van der Waals surface area contributed by atoms with Gasteiger partial charge >= 0.3 is 0 Å². The van der Waals surface area contributed by atoms with Gasteiger partial charge in [0.2, 0.25) is 5.91 Å². The van der Waals surface area contributed by atoms with Gasteiger partial charge in [0.05, 0.1) is 0 Å². The van der Waals surface area contributed by atoms with Gasteiger partial charge in [0.25, 0.3) is 0 Å². The molecule has 1 amide bonds. The van der Waals surface area contributed by atoms with Crippen molar-refractivity contribution in [1.82, 2.24) is 15.5 Å². The monoisotopic (exact) mass is 371 g/mol. The Morgan fingerprint density at radius 3 is 2.48 bits per heavy atom. The summed E-state index contributed by atoms with van der Waals surface area (Å²) >= 11 is 0. The van der Waals surface area contributed by atoms with Crippen LogP contribution < -0.4 is 10.6 Å². The van der Waals surface area contributed by atoms with E-state index in [9.17, 15) is 4.79 Å². The van der Waals surface area contributed by atoms with E-state index < -0.39 is 0 Å². The molecular weight excluding hydrogens is 334 g/mol. The molecule has 0 unspecified atom stereocenters. The molecule has 2 aliphatic rings. The van der Waals surface area contributed by atoms with E-state index >= 15 is 0 Å². The van der Waals surface area contributed by atoms with Crippen LogP contribution in [0, 0.1) is 23.7 Å². The van der Waals surface area contributed by atoms with E-state index in [1.807, 2.05) is 0 Å². The standard InChI is InChI=1S/C23H37N3O/c1-17(2)21-9-4-18(3)14-22(21)23(27)25-15-19-5-7-20(8-6-19)16-26-12-10-24-11-13-26/h5-8,17-18,21-22,24H,4,9-16H2,1-3H3,(H,25,27)/t18-,21+,22-/m1/s1. The van der Waals surface area contributed by atoms with Gasteiger partial charge in [-0.15, -0.1) is 0 Å². The lowest BCUT2D eigenvalue weighted by atomic mass is 9.70. The minimum Gasteiger partial charge on any atom is -0.352 e. The zero-order chi connectivity index (χ0) is 19.2. The van der Waals surface area contributed by atoms with Crippen LogP contribution in [0.15, 0.2) is 24.3 Å². The minimum absolute atomic E-state index is 0.181. The maximum absolute atomic E-state index is 12.8. The zero-order valence-corrected chi connectivity index (χ0v) is 17.3. The molecule has 0 aromatic heterocycles. The van der Waals surface area contributed by atoms with Gasteiger partial charge in [-0.3, -0.25) is 9.69 Å². The van der Waals surface area contributed by atoms with Crippen molar-refractivity contribution in [3.05, 3.63) is 35.4 Å². The molecule has 1 saturated heterocycles. The van der Waals surface area contributed by atoms with E-state index in [-0.39, 0.29) is 11.8 Å². The van der Waals surface area contributed by atoms with Crippen LogP contribution in [0.2, 0.25) is 0 Å². The maximum Gasteiger partial charge on any atom is 0.223 e. The van der Waals surface area contributed by atoms with Gasteiger partial charge in [-0.25, -0.2) is 0 Å². The zero-order valence-electron chi connectivity index (χ0n) is 17.3. The molecule has 2 fully saturated rings. The largest absolute Gasteiger partial charge is 0.352 e. The maximum atomic E-state index is 12.8. The van der Waals surface area contributed by atoms with Gasteiger partial charge < -0.3 is 10.6 Å². The Morgan fingerprint density at radius 1 is 1.15 bits per heavy atom. The third-order valence-corrected chi connectivity index (χ3v) is 6.46. The van der Waals surface area contributed by atoms with Gasteiger partial charge in [0.1, 0.15) is 0 Å². The molecule has 0 spiro atoms. The molecule has 2 N–H and O–H groups in total. The summed E-state index contributed by atoms with van der Waals surface area (Å²) in [5.41, 5.74) is 2.55. The summed E-state index contributed by atoms with van der Waals surface area (Å²) in [7, 11) is 0. The fraction of sp³-hybridized carbons (Fsp3) is 0.696. The summed E-state index contributed by atoms with van der Waals surface area (Å²) in [6.07, 6.45) is 3.50. The molecule has 1 heterocycles. The van der Waals surface area contributed by atoms with Crippen LogP contribution in [0.1, 0.15) is 51.2 Å². The second-order valence-electron chi connectivity index (χ2n) is 8.99. The second-order valence-corrected chi connectivity index (χ2v) is 8.99. The number of amides is 1. The van der Waals surface area contributed by atoms with Crippen molar-refractivity contribution in [3.63, 3.8) is 0 Å². The first-order valence-electron chi connectivity index (χ1n) is 10.8. The van der Waals surface area contributed by atoms with Crippen molar-refractivity contribution in [2.75, 3.05) is 26.2 Å². The molecule has 1 aromatic carbocycles. The summed E-state index contributed by atoms with van der Waals surface area (Å²) in [6, 6.07) is 8.76. The van der Waals surface area contributed by atoms with Crippen molar-refractivity contribution in [3.8, 4) is 0 Å². The molecule has 4 nitrogen and oxygen atoms in total. The van der Waals surface area contributed by atoms with E-state index in [2.05, 4.69) is 60.6 Å². The highest BCUT2D eigenvalue weighted by molar-refractivity contribution is 5.79. The number of nitrogens with zero attached hydrogens (tertiary/aromatic N) is 1. The van der Waals surface area contributed by atoms with E-state index in [4.69, 9.17) is 0 Å². The summed E-state index contributed by atoms with van der Waals surface area (Å²) in [4.78, 5) is 15.3. The molecule has 27 heavy (non-hydrogen) atoms. The molecule has 1 saturated carbocycles. The fourth-order valence-corrected chi connectivity index (χ4v) is 4.71. The second kappa shape index (κ2) is 9.70. The Balaban J connectivity index is 1.50. The quantitative estimate of drug-likeness (QED) is 0.805. The highest BCUT2D eigenvalue weighted by Crippen LogP contribution is 2.38. The van der Waals surface area contributed by atoms with E-state index in [0.717, 1.165) is 39.1 Å². The van der Waals surface area contributed by atoms with Gasteiger partial charge in [0, 0.05) is 45.2 Å². The molecule has 1 aliphatic carbocycles. The number of hydrogen-bond acceptors (Lipinski definition) is 3. The van der Waals surface area contributed by atoms with E-state index in [1.54, 1.807) is 0 Å². The lowest BCUT2D eigenvalue weighted by Gasteiger charge is -2.36. The van der Waals surface area contributed by atoms with Crippen LogP contribution >= 0.6 is 0 Å². The van der Waals surface area contributed by atoms with Crippen molar-refractivity contribution in [2.24, 2.45) is 23.7 Å². The molecule has 3 rings (SSSR count). The van der Waals surface area contributed by atoms with Gasteiger partial charge in [-0.2, -0.15) is 0 Å².